The van der Waals surface area contributed by atoms with Gasteiger partial charge < -0.3 is 15.2 Å². The highest BCUT2D eigenvalue weighted by molar-refractivity contribution is 5.88. The molecule has 0 radical (unpaired) electrons. The molecule has 3 rings (SSSR count). The van der Waals surface area contributed by atoms with Crippen LogP contribution in [0.4, 0.5) is 0 Å². The summed E-state index contributed by atoms with van der Waals surface area (Å²) < 4.78 is 5.26. The van der Waals surface area contributed by atoms with Crippen molar-refractivity contribution in [1.29, 1.82) is 0 Å². The average molecular weight is 341 g/mol. The minimum atomic E-state index is -0.215. The maximum Gasteiger partial charge on any atom is 0.227 e. The number of hydrogen-bond donors (Lipinski definition) is 2. The predicted octanol–water partition coefficient (Wildman–Crippen LogP) is 3.62. The van der Waals surface area contributed by atoms with Crippen molar-refractivity contribution in [3.63, 3.8) is 0 Å². The summed E-state index contributed by atoms with van der Waals surface area (Å²) in [5.41, 5.74) is 1.01. The van der Waals surface area contributed by atoms with Gasteiger partial charge >= 0.3 is 0 Å². The number of hydrogen-bond acceptors (Lipinski definition) is 3. The second-order valence-electron chi connectivity index (χ2n) is 7.04. The Morgan fingerprint density at radius 2 is 1.92 bits per heavy atom. The SMILES string of the molecule is COc1ccc2cc([C@H](C)C(=O)NC3CCCCC3CO)ccc2c1. The summed E-state index contributed by atoms with van der Waals surface area (Å²) >= 11 is 0. The number of carbonyl (C=O) groups is 1. The fraction of sp³-hybridized carbons (Fsp3) is 0.476. The Morgan fingerprint density at radius 3 is 2.68 bits per heavy atom. The fourth-order valence-electron chi connectivity index (χ4n) is 3.71. The number of nitrogens with one attached hydrogen (secondary N) is 1. The lowest BCUT2D eigenvalue weighted by Gasteiger charge is -2.31. The van der Waals surface area contributed by atoms with E-state index in [1.165, 1.54) is 0 Å². The first-order valence-electron chi connectivity index (χ1n) is 9.11. The molecule has 25 heavy (non-hydrogen) atoms. The summed E-state index contributed by atoms with van der Waals surface area (Å²) in [5.74, 6) is 0.846. The number of methoxy groups -OCH3 is 1. The van der Waals surface area contributed by atoms with Gasteiger partial charge in [0.1, 0.15) is 5.75 Å². The van der Waals surface area contributed by atoms with Gasteiger partial charge in [-0.05, 0) is 48.2 Å². The zero-order valence-electron chi connectivity index (χ0n) is 15.0. The van der Waals surface area contributed by atoms with Crippen LogP contribution in [0.1, 0.15) is 44.1 Å². The van der Waals surface area contributed by atoms with Crippen molar-refractivity contribution in [3.8, 4) is 5.75 Å². The molecule has 0 aromatic heterocycles. The molecule has 1 aliphatic rings. The van der Waals surface area contributed by atoms with Crippen molar-refractivity contribution in [1.82, 2.24) is 5.32 Å². The molecule has 2 aromatic carbocycles. The van der Waals surface area contributed by atoms with Gasteiger partial charge in [-0.2, -0.15) is 0 Å². The number of amides is 1. The van der Waals surface area contributed by atoms with E-state index in [9.17, 15) is 9.90 Å². The lowest BCUT2D eigenvalue weighted by molar-refractivity contribution is -0.123. The van der Waals surface area contributed by atoms with Crippen LogP contribution in [0, 0.1) is 5.92 Å². The lowest BCUT2D eigenvalue weighted by Crippen LogP contribution is -2.44. The quantitative estimate of drug-likeness (QED) is 0.873. The molecule has 1 aliphatic carbocycles. The Hall–Kier alpha value is -2.07. The maximum absolute atomic E-state index is 12.7. The summed E-state index contributed by atoms with van der Waals surface area (Å²) in [5, 5.41) is 14.9. The number of rotatable bonds is 5. The number of fused-ring (bicyclic) bond motifs is 1. The van der Waals surface area contributed by atoms with E-state index in [-0.39, 0.29) is 30.4 Å². The van der Waals surface area contributed by atoms with Crippen molar-refractivity contribution in [2.75, 3.05) is 13.7 Å². The Bertz CT molecular complexity index is 743. The van der Waals surface area contributed by atoms with Gasteiger partial charge in [0.05, 0.1) is 13.0 Å². The van der Waals surface area contributed by atoms with Gasteiger partial charge in [-0.1, -0.05) is 37.1 Å². The topological polar surface area (TPSA) is 58.6 Å². The largest absolute Gasteiger partial charge is 0.497 e. The molecule has 4 heteroatoms. The first-order valence-corrected chi connectivity index (χ1v) is 9.11. The summed E-state index contributed by atoms with van der Waals surface area (Å²) in [6.07, 6.45) is 4.21. The van der Waals surface area contributed by atoms with E-state index >= 15 is 0 Å². The van der Waals surface area contributed by atoms with Gasteiger partial charge in [0.2, 0.25) is 5.91 Å². The van der Waals surface area contributed by atoms with Crippen molar-refractivity contribution in [3.05, 3.63) is 42.0 Å². The first kappa shape index (κ1) is 17.7. The van der Waals surface area contributed by atoms with Crippen molar-refractivity contribution < 1.29 is 14.6 Å². The summed E-state index contributed by atoms with van der Waals surface area (Å²) in [6, 6.07) is 12.2. The van der Waals surface area contributed by atoms with Gasteiger partial charge in [-0.15, -0.1) is 0 Å². The van der Waals surface area contributed by atoms with Gasteiger partial charge in [0.15, 0.2) is 0 Å². The molecule has 2 aromatic rings. The van der Waals surface area contributed by atoms with Gasteiger partial charge in [0.25, 0.3) is 0 Å². The lowest BCUT2D eigenvalue weighted by atomic mass is 9.84. The Balaban J connectivity index is 1.74. The zero-order valence-corrected chi connectivity index (χ0v) is 15.0. The molecule has 2 unspecified atom stereocenters. The second-order valence-corrected chi connectivity index (χ2v) is 7.04. The van der Waals surface area contributed by atoms with E-state index in [4.69, 9.17) is 4.74 Å². The summed E-state index contributed by atoms with van der Waals surface area (Å²) in [6.45, 7) is 2.09. The molecule has 0 spiro atoms. The third-order valence-corrected chi connectivity index (χ3v) is 5.44. The van der Waals surface area contributed by atoms with Crippen LogP contribution in [0.2, 0.25) is 0 Å². The summed E-state index contributed by atoms with van der Waals surface area (Å²) in [4.78, 5) is 12.7. The molecule has 2 N–H and O–H groups in total. The number of carbonyl (C=O) groups excluding carboxylic acids is 1. The van der Waals surface area contributed by atoms with Crippen LogP contribution in [0.25, 0.3) is 10.8 Å². The Labute approximate surface area is 149 Å². The van der Waals surface area contributed by atoms with E-state index in [0.717, 1.165) is 47.8 Å². The van der Waals surface area contributed by atoms with Crippen molar-refractivity contribution in [2.45, 2.75) is 44.6 Å². The first-order chi connectivity index (χ1) is 12.1. The monoisotopic (exact) mass is 341 g/mol. The molecule has 0 heterocycles. The highest BCUT2D eigenvalue weighted by Crippen LogP contribution is 2.27. The van der Waals surface area contributed by atoms with Crippen LogP contribution in [0.3, 0.4) is 0 Å². The van der Waals surface area contributed by atoms with Crippen LogP contribution in [0.5, 0.6) is 5.75 Å². The van der Waals surface area contributed by atoms with Gasteiger partial charge in [-0.3, -0.25) is 4.79 Å². The highest BCUT2D eigenvalue weighted by Gasteiger charge is 2.27. The predicted molar refractivity (Wildman–Crippen MR) is 99.9 cm³/mol. The molecule has 3 atom stereocenters. The van der Waals surface area contributed by atoms with Crippen LogP contribution >= 0.6 is 0 Å². The van der Waals surface area contributed by atoms with Crippen LogP contribution in [0.15, 0.2) is 36.4 Å². The van der Waals surface area contributed by atoms with E-state index < -0.39 is 0 Å². The zero-order chi connectivity index (χ0) is 17.8. The number of aliphatic hydroxyl groups excluding tert-OH is 1. The average Bonchev–Trinajstić information content (AvgIpc) is 2.66. The molecule has 0 bridgehead atoms. The fourth-order valence-corrected chi connectivity index (χ4v) is 3.71. The standard InChI is InChI=1S/C21H27NO3/c1-14(21(24)22-20-6-4-3-5-18(20)13-23)15-7-8-17-12-19(25-2)10-9-16(17)11-15/h7-12,14,18,20,23H,3-6,13H2,1-2H3,(H,22,24)/t14-,18?,20?/m0/s1. The van der Waals surface area contributed by atoms with Crippen molar-refractivity contribution in [2.24, 2.45) is 5.92 Å². The van der Waals surface area contributed by atoms with E-state index in [1.807, 2.05) is 37.3 Å². The van der Waals surface area contributed by atoms with E-state index in [1.54, 1.807) is 7.11 Å². The minimum Gasteiger partial charge on any atom is -0.497 e. The van der Waals surface area contributed by atoms with Crippen LogP contribution in [-0.2, 0) is 4.79 Å². The van der Waals surface area contributed by atoms with E-state index in [0.29, 0.717) is 0 Å². The van der Waals surface area contributed by atoms with Crippen molar-refractivity contribution >= 4 is 16.7 Å². The number of ether oxygens (including phenoxy) is 1. The molecular formula is C21H27NO3. The molecule has 0 aliphatic heterocycles. The van der Waals surface area contributed by atoms with Crippen LogP contribution in [-0.4, -0.2) is 30.8 Å². The highest BCUT2D eigenvalue weighted by atomic mass is 16.5. The normalized spacial score (nSPS) is 21.7. The third-order valence-electron chi connectivity index (χ3n) is 5.44. The van der Waals surface area contributed by atoms with Gasteiger partial charge in [-0.25, -0.2) is 0 Å². The molecule has 4 nitrogen and oxygen atoms in total. The number of benzene rings is 2. The Morgan fingerprint density at radius 1 is 1.20 bits per heavy atom. The van der Waals surface area contributed by atoms with E-state index in [2.05, 4.69) is 11.4 Å². The second kappa shape index (κ2) is 7.87. The van der Waals surface area contributed by atoms with Gasteiger partial charge in [0, 0.05) is 18.6 Å². The molecule has 1 amide bonds. The molecular weight excluding hydrogens is 314 g/mol. The molecule has 0 saturated heterocycles. The number of aliphatic hydroxyl groups is 1. The Kier molecular flexibility index (Phi) is 5.59. The smallest absolute Gasteiger partial charge is 0.227 e. The third kappa shape index (κ3) is 3.96. The maximum atomic E-state index is 12.7. The molecule has 1 fully saturated rings. The molecule has 1 saturated carbocycles. The molecule has 134 valence electrons. The summed E-state index contributed by atoms with van der Waals surface area (Å²) in [7, 11) is 1.66. The minimum absolute atomic E-state index is 0.0400. The van der Waals surface area contributed by atoms with Crippen LogP contribution < -0.4 is 10.1 Å².